The Morgan fingerprint density at radius 1 is 1.33 bits per heavy atom. The molecule has 3 rings (SSSR count). The lowest BCUT2D eigenvalue weighted by atomic mass is 10.2. The first kappa shape index (κ1) is 19.7. The standard InChI is InChI=1S/C20H22ClN3O2S/c1-13-8-9-15(21)12-17(13)22-19(25)14(2)27-20-23-16-6-4-5-7-18(16)24(20)10-11-26-3/h4-9,12,14H,10-11H2,1-3H3,(H,22,25). The molecule has 2 aromatic carbocycles. The maximum Gasteiger partial charge on any atom is 0.237 e. The predicted octanol–water partition coefficient (Wildman–Crippen LogP) is 4.76. The first-order chi connectivity index (χ1) is 13.0. The van der Waals surface area contributed by atoms with Crippen LogP contribution >= 0.6 is 23.4 Å². The second-order valence-electron chi connectivity index (χ2n) is 6.24. The maximum atomic E-state index is 12.7. The van der Waals surface area contributed by atoms with E-state index in [0.717, 1.165) is 27.4 Å². The summed E-state index contributed by atoms with van der Waals surface area (Å²) in [4.78, 5) is 17.4. The van der Waals surface area contributed by atoms with Gasteiger partial charge in [-0.15, -0.1) is 0 Å². The summed E-state index contributed by atoms with van der Waals surface area (Å²) in [5, 5.41) is 4.04. The topological polar surface area (TPSA) is 56.1 Å². The SMILES string of the molecule is COCCn1c(SC(C)C(=O)Nc2cc(Cl)ccc2C)nc2ccccc21. The normalized spacial score (nSPS) is 12.3. The molecule has 0 aliphatic heterocycles. The lowest BCUT2D eigenvalue weighted by Crippen LogP contribution is -2.23. The van der Waals surface area contributed by atoms with Gasteiger partial charge in [-0.25, -0.2) is 4.98 Å². The van der Waals surface area contributed by atoms with Crippen molar-refractivity contribution in [2.75, 3.05) is 19.0 Å². The summed E-state index contributed by atoms with van der Waals surface area (Å²) in [5.41, 5.74) is 3.65. The average Bonchev–Trinajstić information content (AvgIpc) is 3.00. The van der Waals surface area contributed by atoms with Gasteiger partial charge in [-0.1, -0.05) is 41.6 Å². The fraction of sp³-hybridized carbons (Fsp3) is 0.300. The minimum Gasteiger partial charge on any atom is -0.383 e. The number of aromatic nitrogens is 2. The van der Waals surface area contributed by atoms with Crippen LogP contribution in [0.5, 0.6) is 0 Å². The number of aryl methyl sites for hydroxylation is 1. The molecule has 1 unspecified atom stereocenters. The highest BCUT2D eigenvalue weighted by Crippen LogP contribution is 2.28. The summed E-state index contributed by atoms with van der Waals surface area (Å²) in [6.45, 7) is 5.07. The number of carbonyl (C=O) groups is 1. The quantitative estimate of drug-likeness (QED) is 0.577. The second kappa shape index (κ2) is 8.78. The smallest absolute Gasteiger partial charge is 0.237 e. The third kappa shape index (κ3) is 4.64. The van der Waals surface area contributed by atoms with Crippen molar-refractivity contribution in [2.45, 2.75) is 30.8 Å². The molecule has 0 radical (unpaired) electrons. The molecule has 142 valence electrons. The van der Waals surface area contributed by atoms with Gasteiger partial charge in [0, 0.05) is 24.4 Å². The van der Waals surface area contributed by atoms with Gasteiger partial charge in [0.05, 0.1) is 22.9 Å². The number of imidazole rings is 1. The van der Waals surface area contributed by atoms with Crippen molar-refractivity contribution in [3.8, 4) is 0 Å². The molecule has 3 aromatic rings. The van der Waals surface area contributed by atoms with Gasteiger partial charge in [-0.05, 0) is 43.7 Å². The molecule has 1 heterocycles. The van der Waals surface area contributed by atoms with Gasteiger partial charge in [0.25, 0.3) is 0 Å². The van der Waals surface area contributed by atoms with Gasteiger partial charge in [0.15, 0.2) is 5.16 Å². The Kier molecular flexibility index (Phi) is 6.42. The number of carbonyl (C=O) groups excluding carboxylic acids is 1. The number of nitrogens with one attached hydrogen (secondary N) is 1. The van der Waals surface area contributed by atoms with Crippen LogP contribution in [0.25, 0.3) is 11.0 Å². The highest BCUT2D eigenvalue weighted by atomic mass is 35.5. The zero-order valence-corrected chi connectivity index (χ0v) is 17.1. The van der Waals surface area contributed by atoms with Crippen LogP contribution < -0.4 is 5.32 Å². The number of fused-ring (bicyclic) bond motifs is 1. The highest BCUT2D eigenvalue weighted by Gasteiger charge is 2.20. The Bertz CT molecular complexity index is 958. The average molecular weight is 404 g/mol. The second-order valence-corrected chi connectivity index (χ2v) is 7.98. The van der Waals surface area contributed by atoms with E-state index in [-0.39, 0.29) is 11.2 Å². The lowest BCUT2D eigenvalue weighted by Gasteiger charge is -2.14. The Morgan fingerprint density at radius 2 is 2.11 bits per heavy atom. The van der Waals surface area contributed by atoms with Crippen LogP contribution in [0.2, 0.25) is 5.02 Å². The number of methoxy groups -OCH3 is 1. The Balaban J connectivity index is 1.79. The highest BCUT2D eigenvalue weighted by molar-refractivity contribution is 8.00. The number of hydrogen-bond donors (Lipinski definition) is 1. The monoisotopic (exact) mass is 403 g/mol. The molecule has 5 nitrogen and oxygen atoms in total. The van der Waals surface area contributed by atoms with E-state index in [4.69, 9.17) is 21.3 Å². The number of nitrogens with zero attached hydrogens (tertiary/aromatic N) is 2. The molecule has 0 bridgehead atoms. The number of hydrogen-bond acceptors (Lipinski definition) is 4. The van der Waals surface area contributed by atoms with Crippen molar-refractivity contribution in [1.29, 1.82) is 0 Å². The minimum absolute atomic E-state index is 0.0873. The molecular weight excluding hydrogens is 382 g/mol. The van der Waals surface area contributed by atoms with E-state index >= 15 is 0 Å². The summed E-state index contributed by atoms with van der Waals surface area (Å²) < 4.78 is 7.32. The molecule has 27 heavy (non-hydrogen) atoms. The summed E-state index contributed by atoms with van der Waals surface area (Å²) in [6.07, 6.45) is 0. The number of thioether (sulfide) groups is 1. The maximum absolute atomic E-state index is 12.7. The molecule has 1 aromatic heterocycles. The van der Waals surface area contributed by atoms with Gasteiger partial charge in [-0.3, -0.25) is 4.79 Å². The van der Waals surface area contributed by atoms with Gasteiger partial charge < -0.3 is 14.6 Å². The van der Waals surface area contributed by atoms with Crippen LogP contribution in [0.3, 0.4) is 0 Å². The van der Waals surface area contributed by atoms with Crippen molar-refractivity contribution in [3.63, 3.8) is 0 Å². The first-order valence-corrected chi connectivity index (χ1v) is 9.93. The number of halogens is 1. The van der Waals surface area contributed by atoms with Crippen LogP contribution in [0, 0.1) is 6.92 Å². The first-order valence-electron chi connectivity index (χ1n) is 8.67. The molecule has 1 amide bonds. The van der Waals surface area contributed by atoms with Crippen LogP contribution in [0.15, 0.2) is 47.6 Å². The zero-order valence-electron chi connectivity index (χ0n) is 15.5. The summed E-state index contributed by atoms with van der Waals surface area (Å²) in [7, 11) is 1.68. The van der Waals surface area contributed by atoms with E-state index in [9.17, 15) is 4.79 Å². The molecule has 0 aliphatic rings. The van der Waals surface area contributed by atoms with Gasteiger partial charge in [0.1, 0.15) is 0 Å². The van der Waals surface area contributed by atoms with Crippen LogP contribution in [0.4, 0.5) is 5.69 Å². The van der Waals surface area contributed by atoms with Gasteiger partial charge >= 0.3 is 0 Å². The molecule has 0 saturated heterocycles. The van der Waals surface area contributed by atoms with Crippen LogP contribution in [0.1, 0.15) is 12.5 Å². The van der Waals surface area contributed by atoms with Gasteiger partial charge in [0.2, 0.25) is 5.91 Å². The van der Waals surface area contributed by atoms with Crippen molar-refractivity contribution in [1.82, 2.24) is 9.55 Å². The van der Waals surface area contributed by atoms with E-state index in [1.165, 1.54) is 11.8 Å². The number of ether oxygens (including phenoxy) is 1. The Hall–Kier alpha value is -2.02. The lowest BCUT2D eigenvalue weighted by molar-refractivity contribution is -0.115. The van der Waals surface area contributed by atoms with Gasteiger partial charge in [-0.2, -0.15) is 0 Å². The van der Waals surface area contributed by atoms with E-state index in [0.29, 0.717) is 18.2 Å². The molecule has 1 N–H and O–H groups in total. The predicted molar refractivity (Wildman–Crippen MR) is 112 cm³/mol. The van der Waals surface area contributed by atoms with E-state index < -0.39 is 0 Å². The molecule has 0 saturated carbocycles. The third-order valence-electron chi connectivity index (χ3n) is 4.25. The van der Waals surface area contributed by atoms with Crippen molar-refractivity contribution < 1.29 is 9.53 Å². The zero-order chi connectivity index (χ0) is 19.4. The number of anilines is 1. The fourth-order valence-electron chi connectivity index (χ4n) is 2.72. The number of benzene rings is 2. The summed E-state index contributed by atoms with van der Waals surface area (Å²) in [5.74, 6) is -0.0873. The molecular formula is C20H22ClN3O2S. The van der Waals surface area contributed by atoms with E-state index in [1.807, 2.05) is 50.2 Å². The Morgan fingerprint density at radius 3 is 2.89 bits per heavy atom. The van der Waals surface area contributed by atoms with Crippen molar-refractivity contribution >= 4 is 46.0 Å². The summed E-state index contributed by atoms with van der Waals surface area (Å²) in [6, 6.07) is 13.4. The molecule has 0 aliphatic carbocycles. The van der Waals surface area contributed by atoms with Crippen LogP contribution in [-0.2, 0) is 16.1 Å². The molecule has 7 heteroatoms. The van der Waals surface area contributed by atoms with Crippen molar-refractivity contribution in [3.05, 3.63) is 53.1 Å². The largest absolute Gasteiger partial charge is 0.383 e. The summed E-state index contributed by atoms with van der Waals surface area (Å²) >= 11 is 7.48. The Labute approximate surface area is 168 Å². The van der Waals surface area contributed by atoms with Crippen molar-refractivity contribution in [2.24, 2.45) is 0 Å². The number of rotatable bonds is 7. The minimum atomic E-state index is -0.318. The number of amides is 1. The molecule has 0 fully saturated rings. The van der Waals surface area contributed by atoms with Crippen LogP contribution in [-0.4, -0.2) is 34.4 Å². The molecule has 0 spiro atoms. The van der Waals surface area contributed by atoms with E-state index in [1.54, 1.807) is 13.2 Å². The van der Waals surface area contributed by atoms with E-state index in [2.05, 4.69) is 9.88 Å². The molecule has 1 atom stereocenters. The third-order valence-corrected chi connectivity index (χ3v) is 5.57. The number of para-hydroxylation sites is 2. The fourth-order valence-corrected chi connectivity index (χ4v) is 3.84.